The van der Waals surface area contributed by atoms with Crippen LogP contribution in [0.3, 0.4) is 0 Å². The van der Waals surface area contributed by atoms with Crippen LogP contribution in [0.1, 0.15) is 42.8 Å². The second-order valence-corrected chi connectivity index (χ2v) is 7.94. The van der Waals surface area contributed by atoms with E-state index in [1.54, 1.807) is 12.5 Å². The maximum Gasteiger partial charge on any atom is 0.419 e. The molecule has 0 unspecified atom stereocenters. The van der Waals surface area contributed by atoms with Gasteiger partial charge in [0.25, 0.3) is 0 Å². The van der Waals surface area contributed by atoms with Gasteiger partial charge in [-0.1, -0.05) is 12.2 Å². The molecule has 1 atom stereocenters. The van der Waals surface area contributed by atoms with Crippen LogP contribution in [0.25, 0.3) is 0 Å². The zero-order chi connectivity index (χ0) is 22.3. The van der Waals surface area contributed by atoms with E-state index in [4.69, 9.17) is 5.10 Å². The predicted octanol–water partition coefficient (Wildman–Crippen LogP) is 4.38. The summed E-state index contributed by atoms with van der Waals surface area (Å²) in [6.45, 7) is 2.51. The Balaban J connectivity index is 1.44. The smallest absolute Gasteiger partial charge is 0.348 e. The van der Waals surface area contributed by atoms with E-state index in [1.807, 2.05) is 35.2 Å². The SMILES string of the molecule is C/C=C1/C(C2CC2)=CC=CN1/N=C/[C@H]1c2nc[nH]c2CCN1c1ncc(C(F)(F)F)cn1. The first-order valence-electron chi connectivity index (χ1n) is 10.5. The highest BCUT2D eigenvalue weighted by atomic mass is 19.4. The van der Waals surface area contributed by atoms with Gasteiger partial charge in [-0.05, 0) is 37.3 Å². The molecule has 0 aromatic carbocycles. The van der Waals surface area contributed by atoms with Gasteiger partial charge in [-0.2, -0.15) is 18.3 Å². The Morgan fingerprint density at radius 3 is 2.66 bits per heavy atom. The van der Waals surface area contributed by atoms with Crippen molar-refractivity contribution in [3.63, 3.8) is 0 Å². The van der Waals surface area contributed by atoms with Gasteiger partial charge in [0, 0.05) is 37.3 Å². The molecule has 1 fully saturated rings. The third kappa shape index (κ3) is 3.80. The van der Waals surface area contributed by atoms with Crippen LogP contribution >= 0.6 is 0 Å². The molecule has 32 heavy (non-hydrogen) atoms. The molecule has 166 valence electrons. The van der Waals surface area contributed by atoms with E-state index in [2.05, 4.69) is 26.0 Å². The third-order valence-electron chi connectivity index (χ3n) is 5.86. The predicted molar refractivity (Wildman–Crippen MR) is 113 cm³/mol. The highest BCUT2D eigenvalue weighted by molar-refractivity contribution is 5.72. The van der Waals surface area contributed by atoms with Crippen molar-refractivity contribution < 1.29 is 13.2 Å². The fourth-order valence-corrected chi connectivity index (χ4v) is 4.10. The molecule has 0 saturated heterocycles. The number of fused-ring (bicyclic) bond motifs is 1. The number of aromatic nitrogens is 4. The Morgan fingerprint density at radius 1 is 1.19 bits per heavy atom. The van der Waals surface area contributed by atoms with Gasteiger partial charge in [-0.3, -0.25) is 0 Å². The monoisotopic (exact) mass is 441 g/mol. The number of alkyl halides is 3. The lowest BCUT2D eigenvalue weighted by atomic mass is 10.0. The third-order valence-corrected chi connectivity index (χ3v) is 5.86. The normalized spacial score (nSPS) is 22.6. The lowest BCUT2D eigenvalue weighted by Gasteiger charge is -2.33. The van der Waals surface area contributed by atoms with Crippen molar-refractivity contribution in [2.24, 2.45) is 11.0 Å². The highest BCUT2D eigenvalue weighted by Crippen LogP contribution is 2.42. The minimum absolute atomic E-state index is 0.210. The highest BCUT2D eigenvalue weighted by Gasteiger charge is 2.34. The lowest BCUT2D eigenvalue weighted by Crippen LogP contribution is -2.38. The van der Waals surface area contributed by atoms with Crippen LogP contribution in [-0.2, 0) is 12.6 Å². The molecule has 5 rings (SSSR count). The van der Waals surface area contributed by atoms with Gasteiger partial charge in [-0.25, -0.2) is 20.0 Å². The Kier molecular flexibility index (Phi) is 5.07. The van der Waals surface area contributed by atoms with Crippen LogP contribution in [0.2, 0.25) is 0 Å². The zero-order valence-corrected chi connectivity index (χ0v) is 17.4. The molecule has 0 amide bonds. The molecule has 2 aliphatic heterocycles. The number of hydrogen-bond donors (Lipinski definition) is 1. The van der Waals surface area contributed by atoms with Crippen LogP contribution < -0.4 is 4.90 Å². The molecule has 1 saturated carbocycles. The number of H-pyrrole nitrogens is 1. The van der Waals surface area contributed by atoms with Crippen molar-refractivity contribution in [2.75, 3.05) is 11.4 Å². The van der Waals surface area contributed by atoms with Gasteiger partial charge < -0.3 is 9.88 Å². The molecule has 4 heterocycles. The molecule has 2 aromatic heterocycles. The van der Waals surface area contributed by atoms with E-state index in [9.17, 15) is 13.2 Å². The number of imidazole rings is 1. The van der Waals surface area contributed by atoms with Gasteiger partial charge in [0.05, 0.1) is 29.5 Å². The summed E-state index contributed by atoms with van der Waals surface area (Å²) in [4.78, 5) is 17.4. The second kappa shape index (κ2) is 7.92. The largest absolute Gasteiger partial charge is 0.419 e. The summed E-state index contributed by atoms with van der Waals surface area (Å²) in [5.41, 5.74) is 3.19. The summed E-state index contributed by atoms with van der Waals surface area (Å²) in [6.07, 6.45) is 11.6. The molecule has 0 bridgehead atoms. The van der Waals surface area contributed by atoms with E-state index in [0.29, 0.717) is 18.9 Å². The molecular formula is C22H22F3N7. The quantitative estimate of drug-likeness (QED) is 0.713. The van der Waals surface area contributed by atoms with Crippen molar-refractivity contribution in [1.29, 1.82) is 0 Å². The molecule has 0 radical (unpaired) electrons. The molecule has 1 N–H and O–H groups in total. The standard InChI is InChI=1S/C22H22F3N7/c1-2-18-16(14-5-6-14)4-3-8-32(18)30-12-19-20-17(28-13-29-20)7-9-31(19)21-26-10-15(11-27-21)22(23,24)25/h2-4,8,10-14,19H,5-7,9H2,1H3,(H,28,29)/b18-2-,30-12+/t19-/m0/s1. The van der Waals surface area contributed by atoms with Gasteiger partial charge in [-0.15, -0.1) is 0 Å². The molecule has 3 aliphatic rings. The number of aromatic amines is 1. The van der Waals surface area contributed by atoms with E-state index in [0.717, 1.165) is 29.5 Å². The van der Waals surface area contributed by atoms with Crippen molar-refractivity contribution in [2.45, 2.75) is 38.4 Å². The van der Waals surface area contributed by atoms with Crippen LogP contribution in [0.15, 0.2) is 59.5 Å². The molecule has 7 nitrogen and oxygen atoms in total. The molecule has 10 heteroatoms. The Labute approximate surface area is 183 Å². The summed E-state index contributed by atoms with van der Waals surface area (Å²) in [6, 6.07) is -0.413. The number of hydrogen-bond acceptors (Lipinski definition) is 6. The van der Waals surface area contributed by atoms with Crippen LogP contribution in [0, 0.1) is 5.92 Å². The van der Waals surface area contributed by atoms with E-state index in [1.165, 1.54) is 18.4 Å². The van der Waals surface area contributed by atoms with Gasteiger partial charge in [0.2, 0.25) is 5.95 Å². The summed E-state index contributed by atoms with van der Waals surface area (Å²) in [5.74, 6) is 0.788. The van der Waals surface area contributed by atoms with Crippen LogP contribution in [-0.4, -0.2) is 37.7 Å². The zero-order valence-electron chi connectivity index (χ0n) is 17.4. The topological polar surface area (TPSA) is 73.3 Å². The van der Waals surface area contributed by atoms with Crippen molar-refractivity contribution in [3.8, 4) is 0 Å². The number of nitrogens with zero attached hydrogens (tertiary/aromatic N) is 6. The van der Waals surface area contributed by atoms with Crippen LogP contribution in [0.5, 0.6) is 0 Å². The van der Waals surface area contributed by atoms with Crippen molar-refractivity contribution in [1.82, 2.24) is 24.9 Å². The summed E-state index contributed by atoms with van der Waals surface area (Å²) >= 11 is 0. The Bertz CT molecular complexity index is 1110. The van der Waals surface area contributed by atoms with E-state index < -0.39 is 17.8 Å². The summed E-state index contributed by atoms with van der Waals surface area (Å²) < 4.78 is 38.8. The average Bonchev–Trinajstić information content (AvgIpc) is 3.53. The first kappa shape index (κ1) is 20.5. The Morgan fingerprint density at radius 2 is 1.97 bits per heavy atom. The number of nitrogens with one attached hydrogen (secondary N) is 1. The lowest BCUT2D eigenvalue weighted by molar-refractivity contribution is -0.138. The van der Waals surface area contributed by atoms with E-state index in [-0.39, 0.29) is 5.95 Å². The van der Waals surface area contributed by atoms with Crippen LogP contribution in [0.4, 0.5) is 19.1 Å². The minimum atomic E-state index is -4.48. The fourth-order valence-electron chi connectivity index (χ4n) is 4.10. The molecular weight excluding hydrogens is 419 g/mol. The average molecular weight is 441 g/mol. The number of anilines is 1. The molecule has 2 aromatic rings. The van der Waals surface area contributed by atoms with Gasteiger partial charge >= 0.3 is 6.18 Å². The number of halogens is 3. The first-order chi connectivity index (χ1) is 15.5. The van der Waals surface area contributed by atoms with Gasteiger partial charge in [0.15, 0.2) is 0 Å². The number of rotatable bonds is 4. The summed E-state index contributed by atoms with van der Waals surface area (Å²) in [7, 11) is 0. The minimum Gasteiger partial charge on any atom is -0.348 e. The van der Waals surface area contributed by atoms with E-state index >= 15 is 0 Å². The summed E-state index contributed by atoms with van der Waals surface area (Å²) in [5, 5.41) is 6.55. The van der Waals surface area contributed by atoms with Gasteiger partial charge in [0.1, 0.15) is 6.04 Å². The molecule has 1 aliphatic carbocycles. The van der Waals surface area contributed by atoms with Crippen molar-refractivity contribution in [3.05, 3.63) is 71.4 Å². The Hall–Kier alpha value is -3.43. The number of hydrazone groups is 1. The first-order valence-corrected chi connectivity index (χ1v) is 10.5. The fraction of sp³-hybridized carbons (Fsp3) is 0.364. The number of allylic oxidation sites excluding steroid dienone is 4. The maximum absolute atomic E-state index is 12.9. The maximum atomic E-state index is 12.9. The van der Waals surface area contributed by atoms with Crippen molar-refractivity contribution >= 4 is 12.2 Å². The molecule has 0 spiro atoms. The second-order valence-electron chi connectivity index (χ2n) is 7.94.